The number of carbonyl (C=O) groups is 1. The first kappa shape index (κ1) is 17.5. The first-order chi connectivity index (χ1) is 13.2. The van der Waals surface area contributed by atoms with Crippen molar-refractivity contribution in [3.05, 3.63) is 65.6 Å². The van der Waals surface area contributed by atoms with Crippen LogP contribution in [0.3, 0.4) is 0 Å². The van der Waals surface area contributed by atoms with Crippen molar-refractivity contribution in [3.8, 4) is 0 Å². The Morgan fingerprint density at radius 3 is 2.78 bits per heavy atom. The number of amides is 1. The molecule has 5 heteroatoms. The second kappa shape index (κ2) is 7.74. The molecule has 0 saturated heterocycles. The lowest BCUT2D eigenvalue weighted by molar-refractivity contribution is -0.121. The van der Waals surface area contributed by atoms with Gasteiger partial charge in [-0.05, 0) is 56.4 Å². The highest BCUT2D eigenvalue weighted by Crippen LogP contribution is 2.32. The predicted molar refractivity (Wildman–Crippen MR) is 108 cm³/mol. The van der Waals surface area contributed by atoms with E-state index in [2.05, 4.69) is 44.3 Å². The van der Waals surface area contributed by atoms with E-state index >= 15 is 0 Å². The van der Waals surface area contributed by atoms with Gasteiger partial charge in [-0.1, -0.05) is 18.2 Å². The average molecular weight is 360 g/mol. The van der Waals surface area contributed by atoms with E-state index in [0.29, 0.717) is 13.0 Å². The van der Waals surface area contributed by atoms with Crippen LogP contribution in [-0.4, -0.2) is 21.2 Å². The van der Waals surface area contributed by atoms with Gasteiger partial charge in [0.25, 0.3) is 0 Å². The van der Waals surface area contributed by atoms with Gasteiger partial charge >= 0.3 is 0 Å². The van der Waals surface area contributed by atoms with E-state index in [9.17, 15) is 4.79 Å². The summed E-state index contributed by atoms with van der Waals surface area (Å²) in [5, 5.41) is 5.57. The summed E-state index contributed by atoms with van der Waals surface area (Å²) in [7, 11) is 0. The predicted octanol–water partition coefficient (Wildman–Crippen LogP) is 3.85. The Morgan fingerprint density at radius 2 is 1.93 bits per heavy atom. The largest absolute Gasteiger partial charge is 0.344 e. The van der Waals surface area contributed by atoms with E-state index < -0.39 is 0 Å². The van der Waals surface area contributed by atoms with Crippen molar-refractivity contribution in [2.45, 2.75) is 45.6 Å². The molecule has 4 rings (SSSR count). The van der Waals surface area contributed by atoms with Crippen LogP contribution in [0.15, 0.2) is 53.9 Å². The first-order valence-corrected chi connectivity index (χ1v) is 9.56. The number of pyridine rings is 1. The fraction of sp³-hybridized carbons (Fsp3) is 0.318. The van der Waals surface area contributed by atoms with E-state index in [0.717, 1.165) is 24.1 Å². The Hall–Kier alpha value is -2.95. The van der Waals surface area contributed by atoms with E-state index in [4.69, 9.17) is 0 Å². The lowest BCUT2D eigenvalue weighted by Crippen LogP contribution is -2.21. The van der Waals surface area contributed by atoms with Crippen LogP contribution >= 0.6 is 0 Å². The fourth-order valence-electron chi connectivity index (χ4n) is 3.92. The highest BCUT2D eigenvalue weighted by atomic mass is 16.2. The molecule has 0 aliphatic heterocycles. The molecule has 0 spiro atoms. The summed E-state index contributed by atoms with van der Waals surface area (Å²) in [6.07, 6.45) is 8.58. The Morgan fingerprint density at radius 1 is 1.15 bits per heavy atom. The molecule has 1 N–H and O–H groups in total. The zero-order valence-corrected chi connectivity index (χ0v) is 15.6. The van der Waals surface area contributed by atoms with Gasteiger partial charge in [0.1, 0.15) is 0 Å². The van der Waals surface area contributed by atoms with E-state index in [1.54, 1.807) is 12.4 Å². The normalized spacial score (nSPS) is 14.2. The maximum Gasteiger partial charge on any atom is 0.241 e. The summed E-state index contributed by atoms with van der Waals surface area (Å²) in [6, 6.07) is 12.3. The molecular weight excluding hydrogens is 336 g/mol. The summed E-state index contributed by atoms with van der Waals surface area (Å²) < 4.78 is 2.34. The van der Waals surface area contributed by atoms with Gasteiger partial charge < -0.3 is 4.57 Å². The Labute approximate surface area is 159 Å². The summed E-state index contributed by atoms with van der Waals surface area (Å²) in [4.78, 5) is 16.3. The molecule has 1 aromatic carbocycles. The number of nitrogens with zero attached hydrogens (tertiary/aromatic N) is 3. The van der Waals surface area contributed by atoms with Crippen LogP contribution in [0.25, 0.3) is 10.9 Å². The number of rotatable bonds is 5. The van der Waals surface area contributed by atoms with Crippen molar-refractivity contribution in [3.63, 3.8) is 0 Å². The van der Waals surface area contributed by atoms with Crippen molar-refractivity contribution in [2.24, 2.45) is 5.10 Å². The highest BCUT2D eigenvalue weighted by Gasteiger charge is 2.19. The highest BCUT2D eigenvalue weighted by molar-refractivity contribution is 5.99. The van der Waals surface area contributed by atoms with E-state index in [1.165, 1.54) is 35.0 Å². The number of aromatic nitrogens is 2. The molecule has 1 aliphatic carbocycles. The molecule has 1 amide bonds. The molecule has 138 valence electrons. The van der Waals surface area contributed by atoms with Gasteiger partial charge in [-0.2, -0.15) is 5.10 Å². The SMILES string of the molecule is C/C(=N/NC(=O)CCn1c2c(c3ccccc31)CCCC2)c1ccncc1. The van der Waals surface area contributed by atoms with E-state index in [-0.39, 0.29) is 5.91 Å². The van der Waals surface area contributed by atoms with Crippen LogP contribution < -0.4 is 5.43 Å². The van der Waals surface area contributed by atoms with Crippen LogP contribution in [-0.2, 0) is 24.2 Å². The minimum atomic E-state index is -0.0641. The molecule has 0 fully saturated rings. The number of para-hydroxylation sites is 1. The van der Waals surface area contributed by atoms with Gasteiger partial charge in [0.15, 0.2) is 0 Å². The summed E-state index contributed by atoms with van der Waals surface area (Å²) in [5.41, 5.74) is 8.54. The van der Waals surface area contributed by atoms with Crippen molar-refractivity contribution in [1.29, 1.82) is 0 Å². The quantitative estimate of drug-likeness (QED) is 0.555. The molecule has 27 heavy (non-hydrogen) atoms. The monoisotopic (exact) mass is 360 g/mol. The van der Waals surface area contributed by atoms with Crippen LogP contribution in [0, 0.1) is 0 Å². The number of hydrogen-bond acceptors (Lipinski definition) is 3. The number of aryl methyl sites for hydroxylation is 2. The van der Waals surface area contributed by atoms with Crippen molar-refractivity contribution in [2.75, 3.05) is 0 Å². The topological polar surface area (TPSA) is 59.3 Å². The van der Waals surface area contributed by atoms with Gasteiger partial charge in [-0.3, -0.25) is 9.78 Å². The second-order valence-corrected chi connectivity index (χ2v) is 7.02. The van der Waals surface area contributed by atoms with E-state index in [1.807, 2.05) is 19.1 Å². The van der Waals surface area contributed by atoms with Crippen molar-refractivity contribution in [1.82, 2.24) is 15.0 Å². The smallest absolute Gasteiger partial charge is 0.241 e. The first-order valence-electron chi connectivity index (χ1n) is 9.56. The Kier molecular flexibility index (Phi) is 5.01. The van der Waals surface area contributed by atoms with Gasteiger partial charge in [0, 0.05) is 47.5 Å². The molecule has 2 aromatic heterocycles. The third-order valence-electron chi connectivity index (χ3n) is 5.29. The maximum atomic E-state index is 12.3. The second-order valence-electron chi connectivity index (χ2n) is 7.02. The van der Waals surface area contributed by atoms with Gasteiger partial charge in [0.2, 0.25) is 5.91 Å². The standard InChI is InChI=1S/C22H24N4O/c1-16(17-10-13-23-14-11-17)24-25-22(27)12-15-26-20-8-4-2-6-18(20)19-7-3-5-9-21(19)26/h2,4,6,8,10-11,13-14H,3,5,7,9,12,15H2,1H3,(H,25,27)/b24-16-. The number of hydrazone groups is 1. The maximum absolute atomic E-state index is 12.3. The van der Waals surface area contributed by atoms with Gasteiger partial charge in [0.05, 0.1) is 5.71 Å². The third kappa shape index (κ3) is 3.63. The molecule has 1 aliphatic rings. The van der Waals surface area contributed by atoms with Crippen LogP contribution in [0.5, 0.6) is 0 Å². The molecule has 0 bridgehead atoms. The lowest BCUT2D eigenvalue weighted by atomic mass is 9.95. The van der Waals surface area contributed by atoms with Gasteiger partial charge in [-0.25, -0.2) is 5.43 Å². The zero-order chi connectivity index (χ0) is 18.6. The molecule has 0 unspecified atom stereocenters. The average Bonchev–Trinajstić information content (AvgIpc) is 3.05. The number of nitrogens with one attached hydrogen (secondary N) is 1. The van der Waals surface area contributed by atoms with Crippen LogP contribution in [0.2, 0.25) is 0 Å². The van der Waals surface area contributed by atoms with Crippen molar-refractivity contribution >= 4 is 22.5 Å². The Balaban J connectivity index is 1.47. The molecule has 0 saturated carbocycles. The molecular formula is C22H24N4O. The third-order valence-corrected chi connectivity index (χ3v) is 5.29. The Bertz CT molecular complexity index is 988. The number of hydrogen-bond donors (Lipinski definition) is 1. The fourth-order valence-corrected chi connectivity index (χ4v) is 3.92. The minimum absolute atomic E-state index is 0.0641. The van der Waals surface area contributed by atoms with Crippen molar-refractivity contribution < 1.29 is 4.79 Å². The minimum Gasteiger partial charge on any atom is -0.344 e. The lowest BCUT2D eigenvalue weighted by Gasteiger charge is -2.15. The summed E-state index contributed by atoms with van der Waals surface area (Å²) in [5.74, 6) is -0.0641. The number of fused-ring (bicyclic) bond motifs is 3. The molecule has 0 atom stereocenters. The molecule has 0 radical (unpaired) electrons. The number of benzene rings is 1. The van der Waals surface area contributed by atoms with Gasteiger partial charge in [-0.15, -0.1) is 0 Å². The zero-order valence-electron chi connectivity index (χ0n) is 15.6. The molecule has 2 heterocycles. The number of carbonyl (C=O) groups excluding carboxylic acids is 1. The summed E-state index contributed by atoms with van der Waals surface area (Å²) in [6.45, 7) is 2.57. The van der Waals surface area contributed by atoms with Crippen LogP contribution in [0.4, 0.5) is 0 Å². The van der Waals surface area contributed by atoms with Crippen LogP contribution in [0.1, 0.15) is 43.0 Å². The molecule has 5 nitrogen and oxygen atoms in total. The summed E-state index contributed by atoms with van der Waals surface area (Å²) >= 11 is 0. The molecule has 3 aromatic rings.